The molecule has 0 aromatic heterocycles. The van der Waals surface area contributed by atoms with Crippen LogP contribution in [0.15, 0.2) is 0 Å². The molecule has 5 heteroatoms. The minimum Gasteiger partial charge on any atom is -0.393 e. The van der Waals surface area contributed by atoms with Gasteiger partial charge in [-0.3, -0.25) is 9.59 Å². The Bertz CT molecular complexity index is 1280. The van der Waals surface area contributed by atoms with Crippen molar-refractivity contribution in [2.45, 2.75) is 163 Å². The Kier molecular flexibility index (Phi) is 7.53. The van der Waals surface area contributed by atoms with Gasteiger partial charge in [-0.05, 0) is 165 Å². The molecule has 1 heterocycles. The highest BCUT2D eigenvalue weighted by Crippen LogP contribution is 2.79. The molecule has 0 aromatic rings. The number of likely N-dealkylation sites (tertiary alicyclic amines) is 1. The number of aliphatic hydroxyl groups excluding tert-OH is 1. The number of nitrogens with one attached hydrogen (secondary N) is 1. The molecule has 7 aliphatic carbocycles. The highest BCUT2D eigenvalue weighted by Gasteiger charge is 2.73. The van der Waals surface area contributed by atoms with Crippen LogP contribution in [-0.4, -0.2) is 47.1 Å². The molecule has 47 heavy (non-hydrogen) atoms. The number of rotatable bonds is 4. The summed E-state index contributed by atoms with van der Waals surface area (Å²) in [5, 5.41) is 14.8. The van der Waals surface area contributed by atoms with Gasteiger partial charge in [-0.2, -0.15) is 0 Å². The molecule has 264 valence electrons. The second kappa shape index (κ2) is 10.7. The molecule has 2 N–H and O–H groups in total. The van der Waals surface area contributed by atoms with Crippen LogP contribution in [0, 0.1) is 73.9 Å². The Morgan fingerprint density at radius 2 is 1.45 bits per heavy atom. The van der Waals surface area contributed by atoms with Crippen molar-refractivity contribution < 1.29 is 14.7 Å². The zero-order valence-electron chi connectivity index (χ0n) is 31.1. The summed E-state index contributed by atoms with van der Waals surface area (Å²) in [7, 11) is 0. The Hall–Kier alpha value is -1.10. The van der Waals surface area contributed by atoms with Gasteiger partial charge in [-0.15, -0.1) is 0 Å². The van der Waals surface area contributed by atoms with Crippen molar-refractivity contribution in [2.75, 3.05) is 13.1 Å². The van der Waals surface area contributed by atoms with Crippen LogP contribution in [-0.2, 0) is 9.59 Å². The second-order valence-electron chi connectivity index (χ2n) is 20.7. The fraction of sp³-hybridized carbons (Fsp3) is 0.952. The highest BCUT2D eigenvalue weighted by atomic mass is 16.3. The van der Waals surface area contributed by atoms with E-state index in [1.165, 1.54) is 64.2 Å². The number of amides is 2. The third-order valence-corrected chi connectivity index (χ3v) is 18.9. The summed E-state index contributed by atoms with van der Waals surface area (Å²) in [6.45, 7) is 19.4. The van der Waals surface area contributed by atoms with Crippen LogP contribution in [0.25, 0.3) is 0 Å². The molecule has 13 atom stereocenters. The third kappa shape index (κ3) is 4.41. The SMILES string of the molecule is CC1C(NC(=O)C23CCC(C4(C)CC4)C2C2CC[C@@H]4C5(C)CCC(O)C(C)(C)[C@@H]5CCC4(C)[C@]2(C)CC3)CC1C(=O)N1CCCCC1. The average Bonchev–Trinajstić information content (AvgIpc) is 3.66. The molecule has 8 fully saturated rings. The minimum atomic E-state index is -0.233. The summed E-state index contributed by atoms with van der Waals surface area (Å²) in [5.41, 5.74) is 0.996. The van der Waals surface area contributed by atoms with Gasteiger partial charge >= 0.3 is 0 Å². The highest BCUT2D eigenvalue weighted by molar-refractivity contribution is 5.85. The smallest absolute Gasteiger partial charge is 0.226 e. The number of carbonyl (C=O) groups excluding carboxylic acids is 2. The Morgan fingerprint density at radius 3 is 2.13 bits per heavy atom. The molecule has 0 spiro atoms. The van der Waals surface area contributed by atoms with Crippen LogP contribution in [0.4, 0.5) is 0 Å². The molecule has 1 aliphatic heterocycles. The average molecular weight is 649 g/mol. The second-order valence-corrected chi connectivity index (χ2v) is 20.7. The lowest BCUT2D eigenvalue weighted by atomic mass is 9.32. The van der Waals surface area contributed by atoms with Crippen LogP contribution in [0.2, 0.25) is 0 Å². The summed E-state index contributed by atoms with van der Waals surface area (Å²) in [6, 6.07) is 0.147. The van der Waals surface area contributed by atoms with Gasteiger partial charge in [0.15, 0.2) is 0 Å². The quantitative estimate of drug-likeness (QED) is 0.322. The first-order chi connectivity index (χ1) is 22.1. The van der Waals surface area contributed by atoms with Gasteiger partial charge in [0, 0.05) is 25.0 Å². The lowest BCUT2D eigenvalue weighted by molar-refractivity contribution is -0.248. The summed E-state index contributed by atoms with van der Waals surface area (Å²) in [6.07, 6.45) is 18.6. The van der Waals surface area contributed by atoms with Gasteiger partial charge < -0.3 is 15.3 Å². The van der Waals surface area contributed by atoms with E-state index in [4.69, 9.17) is 0 Å². The van der Waals surface area contributed by atoms with E-state index in [2.05, 4.69) is 58.7 Å². The van der Waals surface area contributed by atoms with E-state index >= 15 is 0 Å². The molecule has 8 aliphatic rings. The van der Waals surface area contributed by atoms with Crippen molar-refractivity contribution >= 4 is 11.8 Å². The number of hydrogen-bond donors (Lipinski definition) is 2. The van der Waals surface area contributed by atoms with Crippen molar-refractivity contribution in [1.29, 1.82) is 0 Å². The first-order valence-corrected chi connectivity index (χ1v) is 20.4. The summed E-state index contributed by atoms with van der Waals surface area (Å²) >= 11 is 0. The predicted octanol–water partition coefficient (Wildman–Crippen LogP) is 8.38. The Labute approximate surface area is 286 Å². The molecule has 0 radical (unpaired) electrons. The molecule has 8 rings (SSSR count). The number of aliphatic hydroxyl groups is 1. The van der Waals surface area contributed by atoms with Crippen LogP contribution in [0.3, 0.4) is 0 Å². The van der Waals surface area contributed by atoms with Gasteiger partial charge in [0.2, 0.25) is 11.8 Å². The zero-order chi connectivity index (χ0) is 33.4. The number of hydrogen-bond acceptors (Lipinski definition) is 3. The zero-order valence-corrected chi connectivity index (χ0v) is 31.1. The fourth-order valence-electron chi connectivity index (χ4n) is 15.3. The summed E-state index contributed by atoms with van der Waals surface area (Å²) in [5.74, 6) is 4.09. The molecular formula is C42H68N2O3. The molecule has 7 saturated carbocycles. The molecule has 2 amide bonds. The topological polar surface area (TPSA) is 69.6 Å². The Morgan fingerprint density at radius 1 is 0.723 bits per heavy atom. The van der Waals surface area contributed by atoms with E-state index in [1.807, 2.05) is 0 Å². The lowest BCUT2D eigenvalue weighted by Crippen LogP contribution is -2.68. The van der Waals surface area contributed by atoms with Gasteiger partial charge in [-0.25, -0.2) is 0 Å². The number of piperidine rings is 1. The van der Waals surface area contributed by atoms with Crippen molar-refractivity contribution in [2.24, 2.45) is 73.9 Å². The normalized spacial score (nSPS) is 52.6. The molecule has 10 unspecified atom stereocenters. The summed E-state index contributed by atoms with van der Waals surface area (Å²) < 4.78 is 0. The van der Waals surface area contributed by atoms with Gasteiger partial charge in [0.25, 0.3) is 0 Å². The monoisotopic (exact) mass is 649 g/mol. The van der Waals surface area contributed by atoms with Crippen LogP contribution >= 0.6 is 0 Å². The molecule has 0 bridgehead atoms. The maximum atomic E-state index is 14.9. The molecular weight excluding hydrogens is 580 g/mol. The van der Waals surface area contributed by atoms with Crippen molar-refractivity contribution in [1.82, 2.24) is 10.2 Å². The van der Waals surface area contributed by atoms with E-state index in [0.29, 0.717) is 46.8 Å². The van der Waals surface area contributed by atoms with Crippen molar-refractivity contribution in [3.05, 3.63) is 0 Å². The maximum Gasteiger partial charge on any atom is 0.226 e. The Balaban J connectivity index is 1.06. The van der Waals surface area contributed by atoms with Crippen LogP contribution in [0.1, 0.15) is 151 Å². The fourth-order valence-corrected chi connectivity index (χ4v) is 15.3. The minimum absolute atomic E-state index is 0.0148. The number of fused-ring (bicyclic) bond motifs is 7. The lowest BCUT2D eigenvalue weighted by Gasteiger charge is -2.73. The molecule has 1 saturated heterocycles. The first kappa shape index (κ1) is 33.1. The van der Waals surface area contributed by atoms with E-state index in [9.17, 15) is 14.7 Å². The van der Waals surface area contributed by atoms with E-state index in [-0.39, 0.29) is 51.1 Å². The first-order valence-electron chi connectivity index (χ1n) is 20.4. The maximum absolute atomic E-state index is 14.9. The summed E-state index contributed by atoms with van der Waals surface area (Å²) in [4.78, 5) is 30.4. The third-order valence-electron chi connectivity index (χ3n) is 18.9. The van der Waals surface area contributed by atoms with Gasteiger partial charge in [0.05, 0.1) is 11.5 Å². The molecule has 5 nitrogen and oxygen atoms in total. The predicted molar refractivity (Wildman–Crippen MR) is 187 cm³/mol. The largest absolute Gasteiger partial charge is 0.393 e. The van der Waals surface area contributed by atoms with Gasteiger partial charge in [0.1, 0.15) is 0 Å². The van der Waals surface area contributed by atoms with Crippen LogP contribution < -0.4 is 5.32 Å². The van der Waals surface area contributed by atoms with Gasteiger partial charge in [-0.1, -0.05) is 48.5 Å². The van der Waals surface area contributed by atoms with E-state index < -0.39 is 0 Å². The molecule has 0 aromatic carbocycles. The van der Waals surface area contributed by atoms with Crippen molar-refractivity contribution in [3.8, 4) is 0 Å². The number of carbonyl (C=O) groups is 2. The van der Waals surface area contributed by atoms with E-state index in [0.717, 1.165) is 51.6 Å². The van der Waals surface area contributed by atoms with Crippen LogP contribution in [0.5, 0.6) is 0 Å². The standard InChI is InChI=1S/C42H68N2O3/c1-26-27(35(46)44-23-9-8-10-24-44)25-30(26)43-36(47)42-18-13-28(38(4)19-20-38)34(42)29-11-12-32-39(5)16-15-33(45)37(2,3)31(39)14-17-41(32,7)40(29,6)21-22-42/h26-34,45H,8-25H2,1-7H3,(H,43,47)/t26?,27?,28?,29?,30?,31-,32+,33?,34?,39?,40+,41?,42?/m0/s1. The van der Waals surface area contributed by atoms with Crippen molar-refractivity contribution in [3.63, 3.8) is 0 Å². The number of nitrogens with zero attached hydrogens (tertiary/aromatic N) is 1. The van der Waals surface area contributed by atoms with E-state index in [1.54, 1.807) is 0 Å².